The Balaban J connectivity index is 0. The topological polar surface area (TPSA) is 37.3 Å². The molecule has 0 fully saturated rings. The maximum absolute atomic E-state index is 9.70. The van der Waals surface area contributed by atoms with Crippen molar-refractivity contribution in [2.75, 3.05) is 0 Å². The Hall–Kier alpha value is -0.465. The summed E-state index contributed by atoms with van der Waals surface area (Å²) in [6, 6.07) is 0. The van der Waals surface area contributed by atoms with Crippen LogP contribution in [0.4, 0.5) is 0 Å². The molecule has 0 saturated heterocycles. The Morgan fingerprint density at radius 2 is 1.71 bits per heavy atom. The Kier molecular flexibility index (Phi) is 5.17. The molecule has 0 aromatic heterocycles. The lowest BCUT2D eigenvalue weighted by molar-refractivity contribution is -0.140. The average molecular weight is 98.9 g/mol. The molecule has 0 aliphatic rings. The maximum Gasteiger partial charge on any atom is 0.305 e. The van der Waals surface area contributed by atoms with E-state index >= 15 is 0 Å². The van der Waals surface area contributed by atoms with E-state index in [-0.39, 0.29) is 14.3 Å². The molecular weight excluding hydrogens is 90.9 g/mol. The lowest BCUT2D eigenvalue weighted by atomic mass is 10.2. The number of carboxylic acid groups (broad SMARTS) is 1. The molecule has 0 aromatic carbocycles. The summed E-state index contributed by atoms with van der Waals surface area (Å²) >= 11 is 0. The van der Waals surface area contributed by atoms with Crippen molar-refractivity contribution in [3.05, 3.63) is 0 Å². The summed E-state index contributed by atoms with van der Waals surface area (Å²) < 4.78 is 0. The summed E-state index contributed by atoms with van der Waals surface area (Å²) in [5.41, 5.74) is 0. The summed E-state index contributed by atoms with van der Waals surface area (Å²) in [4.78, 5) is 9.70. The van der Waals surface area contributed by atoms with Crippen LogP contribution in [0.2, 0.25) is 0 Å². The van der Waals surface area contributed by atoms with Crippen LogP contribution in [0.5, 0.6) is 0 Å². The minimum atomic E-state index is -0.741. The van der Waals surface area contributed by atoms with Crippen LogP contribution in [0.25, 0.3) is 0 Å². The van der Waals surface area contributed by atoms with E-state index in [2.05, 4.69) is 0 Å². The number of rotatable bonds is 1. The fourth-order valence-electron chi connectivity index (χ4n) is 0. The Labute approximate surface area is 45.1 Å². The van der Waals surface area contributed by atoms with Gasteiger partial charge in [0.1, 0.15) is 0 Å². The first-order chi connectivity index (χ1) is 2.64. The lowest BCUT2D eigenvalue weighted by Gasteiger charge is -1.89. The number of hydrogen-bond donors (Lipinski definition) is 1. The molecule has 3 radical (unpaired) electrons. The number of hydrogen-bond acceptors (Lipinski definition) is 1. The summed E-state index contributed by atoms with van der Waals surface area (Å²) in [6.07, 6.45) is 0. The van der Waals surface area contributed by atoms with E-state index in [0.717, 1.165) is 0 Å². The first-order valence-corrected chi connectivity index (χ1v) is 1.87. The van der Waals surface area contributed by atoms with Crippen molar-refractivity contribution in [1.29, 1.82) is 0 Å². The molecule has 0 bridgehead atoms. The second-order valence-corrected chi connectivity index (χ2v) is 1.49. The van der Waals surface area contributed by atoms with Crippen LogP contribution in [0.15, 0.2) is 0 Å². The van der Waals surface area contributed by atoms with Crippen LogP contribution >= 0.6 is 0 Å². The molecule has 0 amide bonds. The molecule has 0 saturated carbocycles. The maximum atomic E-state index is 9.70. The first kappa shape index (κ1) is 9.73. The second kappa shape index (κ2) is 3.72. The molecule has 0 unspecified atom stereocenters. The quantitative estimate of drug-likeness (QED) is 0.481. The standard InChI is InChI=1S/C4H8O2.B/c1-3(2)4(5)6;/h3H,1-2H3,(H,5,6);. The predicted molar refractivity (Wildman–Crippen MR) is 28.2 cm³/mol. The van der Waals surface area contributed by atoms with Crippen LogP contribution < -0.4 is 0 Å². The molecule has 0 aromatic rings. The van der Waals surface area contributed by atoms with Crippen LogP contribution in [0.1, 0.15) is 13.8 Å². The zero-order chi connectivity index (χ0) is 5.15. The monoisotopic (exact) mass is 99.1 g/mol. The minimum absolute atomic E-state index is 0. The molecule has 0 atom stereocenters. The van der Waals surface area contributed by atoms with E-state index in [4.69, 9.17) is 5.11 Å². The van der Waals surface area contributed by atoms with Crippen LogP contribution in [0, 0.1) is 5.92 Å². The first-order valence-electron chi connectivity index (χ1n) is 1.87. The number of carbonyl (C=O) groups is 1. The largest absolute Gasteiger partial charge is 0.481 e. The Bertz CT molecular complexity index is 60.7. The summed E-state index contributed by atoms with van der Waals surface area (Å²) in [6.45, 7) is 3.28. The van der Waals surface area contributed by atoms with Crippen LogP contribution in [-0.4, -0.2) is 19.5 Å². The predicted octanol–water partition coefficient (Wildman–Crippen LogP) is 0.346. The van der Waals surface area contributed by atoms with E-state index in [9.17, 15) is 4.79 Å². The van der Waals surface area contributed by atoms with Gasteiger partial charge in [-0.25, -0.2) is 0 Å². The number of aliphatic carboxylic acids is 1. The van der Waals surface area contributed by atoms with Gasteiger partial charge in [0.05, 0.1) is 5.92 Å². The molecule has 2 nitrogen and oxygen atoms in total. The van der Waals surface area contributed by atoms with E-state index in [1.54, 1.807) is 13.8 Å². The zero-order valence-electron chi connectivity index (χ0n) is 4.51. The van der Waals surface area contributed by atoms with Crippen LogP contribution in [-0.2, 0) is 4.79 Å². The molecule has 1 N–H and O–H groups in total. The highest BCUT2D eigenvalue weighted by Gasteiger charge is 1.99. The smallest absolute Gasteiger partial charge is 0.305 e. The van der Waals surface area contributed by atoms with Gasteiger partial charge in [-0.2, -0.15) is 0 Å². The molecule has 0 heterocycles. The summed E-state index contributed by atoms with van der Waals surface area (Å²) in [7, 11) is 0. The molecule has 0 aliphatic heterocycles. The van der Waals surface area contributed by atoms with Crippen molar-refractivity contribution in [1.82, 2.24) is 0 Å². The SMILES string of the molecule is CC(C)C(=O)O.[B]. The minimum Gasteiger partial charge on any atom is -0.481 e. The summed E-state index contributed by atoms with van der Waals surface area (Å²) in [5.74, 6) is -0.972. The average Bonchev–Trinajstić information content (AvgIpc) is 1.36. The Morgan fingerprint density at radius 1 is 1.57 bits per heavy atom. The summed E-state index contributed by atoms with van der Waals surface area (Å²) in [5, 5.41) is 7.99. The molecule has 3 heteroatoms. The van der Waals surface area contributed by atoms with Gasteiger partial charge in [-0.05, 0) is 0 Å². The van der Waals surface area contributed by atoms with Gasteiger partial charge in [0, 0.05) is 8.41 Å². The highest BCUT2D eigenvalue weighted by atomic mass is 16.4. The van der Waals surface area contributed by atoms with Crippen molar-refractivity contribution >= 4 is 14.4 Å². The normalized spacial score (nSPS) is 7.86. The van der Waals surface area contributed by atoms with Gasteiger partial charge in [0.2, 0.25) is 0 Å². The molecule has 7 heavy (non-hydrogen) atoms. The van der Waals surface area contributed by atoms with Crippen molar-refractivity contribution in [3.63, 3.8) is 0 Å². The van der Waals surface area contributed by atoms with Gasteiger partial charge >= 0.3 is 5.97 Å². The van der Waals surface area contributed by atoms with E-state index in [1.165, 1.54) is 0 Å². The van der Waals surface area contributed by atoms with Crippen molar-refractivity contribution in [3.8, 4) is 0 Å². The molecule has 0 spiro atoms. The van der Waals surface area contributed by atoms with E-state index in [1.807, 2.05) is 0 Å². The number of carboxylic acids is 1. The highest BCUT2D eigenvalue weighted by molar-refractivity contribution is 5.75. The fourth-order valence-corrected chi connectivity index (χ4v) is 0. The van der Waals surface area contributed by atoms with Crippen LogP contribution in [0.3, 0.4) is 0 Å². The zero-order valence-corrected chi connectivity index (χ0v) is 4.51. The van der Waals surface area contributed by atoms with Crippen molar-refractivity contribution in [2.24, 2.45) is 5.92 Å². The van der Waals surface area contributed by atoms with Gasteiger partial charge in [-0.15, -0.1) is 0 Å². The molecule has 0 rings (SSSR count). The Morgan fingerprint density at radius 3 is 1.71 bits per heavy atom. The van der Waals surface area contributed by atoms with Gasteiger partial charge in [0.15, 0.2) is 0 Å². The molecule has 39 valence electrons. The fraction of sp³-hybridized carbons (Fsp3) is 0.750. The molecular formula is C4H8BO2. The van der Waals surface area contributed by atoms with E-state index < -0.39 is 5.97 Å². The third-order valence-electron chi connectivity index (χ3n) is 0.494. The molecule has 0 aliphatic carbocycles. The third-order valence-corrected chi connectivity index (χ3v) is 0.494. The second-order valence-electron chi connectivity index (χ2n) is 1.49. The van der Waals surface area contributed by atoms with Gasteiger partial charge in [0.25, 0.3) is 0 Å². The van der Waals surface area contributed by atoms with Gasteiger partial charge < -0.3 is 5.11 Å². The van der Waals surface area contributed by atoms with Gasteiger partial charge in [-0.1, -0.05) is 13.8 Å². The van der Waals surface area contributed by atoms with Crippen molar-refractivity contribution < 1.29 is 9.90 Å². The highest BCUT2D eigenvalue weighted by Crippen LogP contribution is 1.87. The van der Waals surface area contributed by atoms with Crippen molar-refractivity contribution in [2.45, 2.75) is 13.8 Å². The lowest BCUT2D eigenvalue weighted by Crippen LogP contribution is -2.03. The third kappa shape index (κ3) is 5.53. The van der Waals surface area contributed by atoms with E-state index in [0.29, 0.717) is 0 Å². The van der Waals surface area contributed by atoms with Gasteiger partial charge in [-0.3, -0.25) is 4.79 Å².